The lowest BCUT2D eigenvalue weighted by molar-refractivity contribution is -0.154. The highest BCUT2D eigenvalue weighted by Crippen LogP contribution is 2.69. The predicted molar refractivity (Wildman–Crippen MR) is 389 cm³/mol. The number of unbranched alkanes of at least 4 members (excludes halogenated alkanes) is 2. The van der Waals surface area contributed by atoms with Crippen molar-refractivity contribution in [2.75, 3.05) is 0 Å². The number of hydrogen-bond acceptors (Lipinski definition) is 6. The Kier molecular flexibility index (Phi) is 26.9. The van der Waals surface area contributed by atoms with Crippen molar-refractivity contribution in [2.24, 2.45) is 105 Å². The average Bonchev–Trinajstić information content (AvgIpc) is 1.71. The number of rotatable bonds is 26. The lowest BCUT2D eigenvalue weighted by Crippen LogP contribution is -2.51. The maximum absolute atomic E-state index is 12.1. The number of phenols is 1. The summed E-state index contributed by atoms with van der Waals surface area (Å²) < 4.78 is 12.3. The molecule has 10 rings (SSSR count). The van der Waals surface area contributed by atoms with Crippen molar-refractivity contribution in [3.8, 4) is 11.5 Å². The number of aliphatic carboxylic acids is 1. The number of esters is 1. The molecule has 8 aliphatic carbocycles. The Morgan fingerprint density at radius 3 is 1.60 bits per heavy atom. The number of carbonyl (C=O) groups is 2. The van der Waals surface area contributed by atoms with E-state index in [9.17, 15) is 19.8 Å². The first-order chi connectivity index (χ1) is 44.0. The molecule has 530 valence electrons. The molecule has 6 fully saturated rings. The fourth-order valence-electron chi connectivity index (χ4n) is 23.0. The van der Waals surface area contributed by atoms with Gasteiger partial charge in [0, 0.05) is 12.0 Å². The molecule has 9 aliphatic rings. The minimum Gasteiger partial charge on any atom is -0.507 e. The van der Waals surface area contributed by atoms with Gasteiger partial charge in [-0.25, -0.2) is 0 Å². The monoisotopic (exact) mass is 1290 g/mol. The van der Waals surface area contributed by atoms with Crippen molar-refractivity contribution < 1.29 is 34.4 Å². The Bertz CT molecular complexity index is 2650. The van der Waals surface area contributed by atoms with Gasteiger partial charge in [0.25, 0.3) is 0 Å². The van der Waals surface area contributed by atoms with E-state index >= 15 is 0 Å². The van der Waals surface area contributed by atoms with E-state index in [0.29, 0.717) is 22.0 Å². The van der Waals surface area contributed by atoms with Gasteiger partial charge < -0.3 is 24.8 Å². The maximum atomic E-state index is 12.1. The van der Waals surface area contributed by atoms with Crippen molar-refractivity contribution in [3.05, 3.63) is 45.6 Å². The highest BCUT2D eigenvalue weighted by molar-refractivity contribution is 5.76. The molecular formula is C86H144O7. The first-order valence-electron chi connectivity index (χ1n) is 40.0. The third-order valence-corrected chi connectivity index (χ3v) is 29.1. The van der Waals surface area contributed by atoms with Crippen LogP contribution in [0, 0.1) is 125 Å². The maximum Gasteiger partial charge on any atom is 0.306 e. The molecule has 1 aromatic rings. The summed E-state index contributed by atoms with van der Waals surface area (Å²) in [6.07, 6.45) is 48.7. The molecule has 7 nitrogen and oxygen atoms in total. The molecule has 6 saturated carbocycles. The van der Waals surface area contributed by atoms with Gasteiger partial charge in [-0.1, -0.05) is 203 Å². The summed E-state index contributed by atoms with van der Waals surface area (Å²) >= 11 is 0. The minimum atomic E-state index is -0.942. The van der Waals surface area contributed by atoms with Crippen LogP contribution in [0.3, 0.4) is 0 Å². The third kappa shape index (κ3) is 17.8. The minimum absolute atomic E-state index is 0.0236. The number of fused-ring (bicyclic) bond motifs is 11. The quantitative estimate of drug-likeness (QED) is 0.0481. The normalized spacial score (nSPS) is 35.4. The predicted octanol–water partition coefficient (Wildman–Crippen LogP) is 23.8. The number of carboxylic acid groups (broad SMARTS) is 1. The molecule has 1 aliphatic heterocycles. The van der Waals surface area contributed by atoms with Crippen LogP contribution in [0.4, 0.5) is 0 Å². The molecule has 0 spiro atoms. The molecule has 93 heavy (non-hydrogen) atoms. The number of allylic oxidation sites excluding steroid dienone is 2. The number of benzene rings is 1. The van der Waals surface area contributed by atoms with E-state index in [1.54, 1.807) is 5.57 Å². The second kappa shape index (κ2) is 32.9. The molecule has 1 heterocycles. The summed E-state index contributed by atoms with van der Waals surface area (Å²) in [5.41, 5.74) is 9.12. The zero-order chi connectivity index (χ0) is 67.8. The number of carboxylic acids is 1. The smallest absolute Gasteiger partial charge is 0.306 e. The first kappa shape index (κ1) is 76.0. The van der Waals surface area contributed by atoms with Gasteiger partial charge >= 0.3 is 11.9 Å². The van der Waals surface area contributed by atoms with Crippen LogP contribution in [0.2, 0.25) is 0 Å². The molecule has 19 atom stereocenters. The molecule has 1 aromatic carbocycles. The van der Waals surface area contributed by atoms with Crippen molar-refractivity contribution >= 4 is 11.9 Å². The second-order valence-electron chi connectivity index (χ2n) is 36.3. The first-order valence-corrected chi connectivity index (χ1v) is 40.0. The van der Waals surface area contributed by atoms with E-state index in [2.05, 4.69) is 116 Å². The van der Waals surface area contributed by atoms with Crippen LogP contribution >= 0.6 is 0 Å². The highest BCUT2D eigenvalue weighted by Gasteiger charge is 2.61. The van der Waals surface area contributed by atoms with Crippen molar-refractivity contribution in [2.45, 2.75) is 367 Å². The van der Waals surface area contributed by atoms with Gasteiger partial charge in [-0.05, 0) is 271 Å². The van der Waals surface area contributed by atoms with Gasteiger partial charge in [-0.2, -0.15) is 0 Å². The summed E-state index contributed by atoms with van der Waals surface area (Å²) in [5.74, 6) is 12.4. The summed E-state index contributed by atoms with van der Waals surface area (Å²) in [4.78, 5) is 22.9. The number of phenolic OH excluding ortho intramolecular Hbond substituents is 1. The lowest BCUT2D eigenvalue weighted by atomic mass is 9.47. The van der Waals surface area contributed by atoms with Crippen LogP contribution in [0.5, 0.6) is 11.5 Å². The summed E-state index contributed by atoms with van der Waals surface area (Å²) in [7, 11) is 0. The number of aliphatic hydroxyl groups excluding tert-OH is 1. The zero-order valence-corrected chi connectivity index (χ0v) is 63.3. The molecule has 0 saturated heterocycles. The Morgan fingerprint density at radius 2 is 1.06 bits per heavy atom. The van der Waals surface area contributed by atoms with Crippen LogP contribution in [-0.2, 0) is 20.7 Å². The Hall–Kier alpha value is -2.80. The summed E-state index contributed by atoms with van der Waals surface area (Å²) in [6, 6.07) is 0. The van der Waals surface area contributed by atoms with E-state index in [-0.39, 0.29) is 42.0 Å². The van der Waals surface area contributed by atoms with Gasteiger partial charge in [-0.15, -0.1) is 0 Å². The largest absolute Gasteiger partial charge is 0.507 e. The number of carbonyl (C=O) groups excluding carboxylic acids is 1. The van der Waals surface area contributed by atoms with Gasteiger partial charge in [0.05, 0.1) is 18.9 Å². The highest BCUT2D eigenvalue weighted by atomic mass is 16.5. The molecule has 0 bridgehead atoms. The number of aliphatic hydroxyl groups is 1. The van der Waals surface area contributed by atoms with Gasteiger partial charge in [-0.3, -0.25) is 9.59 Å². The second-order valence-corrected chi connectivity index (χ2v) is 36.3. The average molecular weight is 1290 g/mol. The van der Waals surface area contributed by atoms with Crippen molar-refractivity contribution in [3.63, 3.8) is 0 Å². The summed E-state index contributed by atoms with van der Waals surface area (Å²) in [5, 5.41) is 29.4. The Morgan fingerprint density at radius 1 is 0.559 bits per heavy atom. The van der Waals surface area contributed by atoms with Crippen LogP contribution in [0.1, 0.15) is 344 Å². The van der Waals surface area contributed by atoms with E-state index in [1.165, 1.54) is 178 Å². The zero-order valence-electron chi connectivity index (χ0n) is 63.3. The van der Waals surface area contributed by atoms with Crippen molar-refractivity contribution in [1.82, 2.24) is 0 Å². The lowest BCUT2D eigenvalue weighted by Gasteiger charge is -2.58. The van der Waals surface area contributed by atoms with E-state index < -0.39 is 5.97 Å². The van der Waals surface area contributed by atoms with Crippen LogP contribution in [-0.4, -0.2) is 45.1 Å². The fraction of sp³-hybridized carbons (Fsp3) is 0.860. The topological polar surface area (TPSA) is 113 Å². The number of hydrogen-bond donors (Lipinski definition) is 3. The van der Waals surface area contributed by atoms with Crippen LogP contribution in [0.25, 0.3) is 0 Å². The molecule has 0 aromatic heterocycles. The van der Waals surface area contributed by atoms with Gasteiger partial charge in [0.15, 0.2) is 0 Å². The van der Waals surface area contributed by atoms with Crippen LogP contribution < -0.4 is 4.74 Å². The molecule has 0 amide bonds. The van der Waals surface area contributed by atoms with Crippen LogP contribution in [0.15, 0.2) is 23.3 Å². The molecular weight excluding hydrogens is 1140 g/mol. The molecule has 7 heteroatoms. The molecule has 0 unspecified atom stereocenters. The van der Waals surface area contributed by atoms with Gasteiger partial charge in [0.1, 0.15) is 23.2 Å². The van der Waals surface area contributed by atoms with E-state index in [0.717, 1.165) is 157 Å². The van der Waals surface area contributed by atoms with E-state index in [1.807, 2.05) is 13.8 Å². The Labute approximate surface area is 571 Å². The SMILES string of the molecule is CC(C)CCC[C@@H](C)[C@H]1CC[C@H]2[C@@H]3CC=C4C[C@@H](OC(=O)CCC(=O)O)CC[C@]4(C)[C@H]3CC[C@]12C.CCCCC[C@@H](C)[C@H]1CC[C@H]2[C@@H]3CC=C4C[C@@H](O)CC[C@]4(C)[C@H]3CC[C@]12C.Cc1c(C)c2c(c(C)c1O)CC[C@@](C)(CCC[C@H](C)CCC[C@H](C)CCCC(C)C)O2. The van der Waals surface area contributed by atoms with Crippen molar-refractivity contribution in [1.29, 1.82) is 0 Å². The van der Waals surface area contributed by atoms with E-state index in [4.69, 9.17) is 14.6 Å². The molecule has 3 N–H and O–H groups in total. The Balaban J connectivity index is 0.000000181. The standard InChI is InChI=1S/C31H50O4.C29H50O2.C26H44O/c1-20(2)7-6-8-21(3)25-11-12-26-24-10-9-22-19-23(35-29(34)14-13-28(32)33)15-17-30(22,4)27(24)16-18-31(25,26)5;1-20(2)12-9-13-21(3)14-10-15-22(4)16-11-18-29(8)19-17-26-25(7)27(30)23(5)24(6)28(26)31-29;1-5-6-7-8-18(2)22-11-12-23-21-10-9-19-17-20(27)13-15-25(19,3)24(21)14-16-26(22,23)4/h9,20-21,23-27H,6-8,10-19H2,1-5H3,(H,32,33);20-22,30H,9-19H2,1-8H3;9,18,20-24,27H,5-8,10-17H2,1-4H3/t21-,23+,24+,25-,26+,27+,30+,31-;21-,22-,29-;18-,20+,21+,22-,23+,24+,25+,26-/m111/s1. The molecule has 0 radical (unpaired) electrons. The fourth-order valence-corrected chi connectivity index (χ4v) is 23.0. The number of aromatic hydroxyl groups is 1. The summed E-state index contributed by atoms with van der Waals surface area (Å²) in [6.45, 7) is 40.5. The number of ether oxygens (including phenoxy) is 2. The van der Waals surface area contributed by atoms with Gasteiger partial charge in [0.2, 0.25) is 0 Å². The third-order valence-electron chi connectivity index (χ3n) is 29.1.